The third kappa shape index (κ3) is 4.93. The zero-order valence-electron chi connectivity index (χ0n) is 15.3. The SMILES string of the molecule is O=C(O)CNC(=O)c1ccc(NS(=O)(=O)c2c[nH]c(C(=O)N3CCCC3)c2)cc1. The minimum Gasteiger partial charge on any atom is -0.480 e. The van der Waals surface area contributed by atoms with Gasteiger partial charge in [0.1, 0.15) is 17.1 Å². The monoisotopic (exact) mass is 420 g/mol. The smallest absolute Gasteiger partial charge is 0.322 e. The fourth-order valence-corrected chi connectivity index (χ4v) is 3.96. The Morgan fingerprint density at radius 1 is 1.10 bits per heavy atom. The number of carbonyl (C=O) groups excluding carboxylic acids is 2. The molecule has 1 fully saturated rings. The van der Waals surface area contributed by atoms with Crippen LogP contribution in [0, 0.1) is 0 Å². The highest BCUT2D eigenvalue weighted by molar-refractivity contribution is 7.92. The molecule has 0 saturated carbocycles. The molecule has 1 aromatic heterocycles. The largest absolute Gasteiger partial charge is 0.480 e. The minimum absolute atomic E-state index is 0.0803. The van der Waals surface area contributed by atoms with E-state index in [1.807, 2.05) is 0 Å². The molecule has 0 bridgehead atoms. The summed E-state index contributed by atoms with van der Waals surface area (Å²) in [6, 6.07) is 6.80. The van der Waals surface area contributed by atoms with Gasteiger partial charge in [0, 0.05) is 30.5 Å². The van der Waals surface area contributed by atoms with Crippen LogP contribution < -0.4 is 10.0 Å². The van der Waals surface area contributed by atoms with Gasteiger partial charge >= 0.3 is 5.97 Å². The molecule has 2 heterocycles. The number of aromatic amines is 1. The zero-order valence-corrected chi connectivity index (χ0v) is 16.2. The molecule has 3 rings (SSSR count). The first-order valence-electron chi connectivity index (χ1n) is 8.87. The topological polar surface area (TPSA) is 149 Å². The van der Waals surface area contributed by atoms with Crippen LogP contribution in [0.4, 0.5) is 5.69 Å². The Balaban J connectivity index is 1.67. The Hall–Kier alpha value is -3.34. The number of aromatic nitrogens is 1. The van der Waals surface area contributed by atoms with Crippen molar-refractivity contribution in [3.05, 3.63) is 47.8 Å². The lowest BCUT2D eigenvalue weighted by atomic mass is 10.2. The van der Waals surface area contributed by atoms with Gasteiger partial charge in [-0.3, -0.25) is 19.1 Å². The van der Waals surface area contributed by atoms with E-state index in [9.17, 15) is 22.8 Å². The molecule has 1 aliphatic rings. The average molecular weight is 420 g/mol. The first-order chi connectivity index (χ1) is 13.8. The third-order valence-electron chi connectivity index (χ3n) is 4.39. The summed E-state index contributed by atoms with van der Waals surface area (Å²) in [6.07, 6.45) is 3.12. The first-order valence-corrected chi connectivity index (χ1v) is 10.3. The second-order valence-corrected chi connectivity index (χ2v) is 8.19. The van der Waals surface area contributed by atoms with Gasteiger partial charge in [-0.05, 0) is 43.2 Å². The fraction of sp³-hybridized carbons (Fsp3) is 0.278. The fourth-order valence-electron chi connectivity index (χ4n) is 2.91. The molecule has 2 amide bonds. The van der Waals surface area contributed by atoms with Gasteiger partial charge in [0.25, 0.3) is 21.8 Å². The molecule has 11 heteroatoms. The van der Waals surface area contributed by atoms with Gasteiger partial charge < -0.3 is 20.3 Å². The molecule has 0 spiro atoms. The van der Waals surface area contributed by atoms with Crippen LogP contribution in [-0.2, 0) is 14.8 Å². The highest BCUT2D eigenvalue weighted by atomic mass is 32.2. The van der Waals surface area contributed by atoms with Crippen molar-refractivity contribution in [2.45, 2.75) is 17.7 Å². The van der Waals surface area contributed by atoms with Gasteiger partial charge in [-0.15, -0.1) is 0 Å². The summed E-state index contributed by atoms with van der Waals surface area (Å²) in [5.41, 5.74) is 0.612. The van der Waals surface area contributed by atoms with Crippen molar-refractivity contribution in [1.82, 2.24) is 15.2 Å². The van der Waals surface area contributed by atoms with E-state index in [0.717, 1.165) is 12.8 Å². The second kappa shape index (κ2) is 8.35. The Kier molecular flexibility index (Phi) is 5.87. The number of carboxylic acids is 1. The van der Waals surface area contributed by atoms with E-state index in [0.29, 0.717) is 13.1 Å². The van der Waals surface area contributed by atoms with Crippen LogP contribution in [0.5, 0.6) is 0 Å². The number of nitrogens with one attached hydrogen (secondary N) is 3. The highest BCUT2D eigenvalue weighted by Crippen LogP contribution is 2.19. The lowest BCUT2D eigenvalue weighted by Crippen LogP contribution is -2.29. The van der Waals surface area contributed by atoms with E-state index in [2.05, 4.69) is 15.0 Å². The van der Waals surface area contributed by atoms with E-state index in [1.54, 1.807) is 4.90 Å². The van der Waals surface area contributed by atoms with Crippen molar-refractivity contribution in [3.63, 3.8) is 0 Å². The molecule has 29 heavy (non-hydrogen) atoms. The number of hydrogen-bond acceptors (Lipinski definition) is 5. The number of benzene rings is 1. The highest BCUT2D eigenvalue weighted by Gasteiger charge is 2.23. The molecule has 0 radical (unpaired) electrons. The Bertz CT molecular complexity index is 1020. The number of carboxylic acid groups (broad SMARTS) is 1. The molecule has 1 saturated heterocycles. The van der Waals surface area contributed by atoms with Crippen molar-refractivity contribution >= 4 is 33.5 Å². The standard InChI is InChI=1S/C18H20N4O6S/c23-16(24)11-20-17(25)12-3-5-13(6-4-12)21-29(27,28)14-9-15(19-10-14)18(26)22-7-1-2-8-22/h3-6,9-10,19,21H,1-2,7-8,11H2,(H,20,25)(H,23,24). The van der Waals surface area contributed by atoms with Gasteiger partial charge in [-0.1, -0.05) is 0 Å². The third-order valence-corrected chi connectivity index (χ3v) is 5.75. The molecule has 10 nitrogen and oxygen atoms in total. The Labute approximate surface area is 167 Å². The second-order valence-electron chi connectivity index (χ2n) is 6.51. The molecular formula is C18H20N4O6S. The minimum atomic E-state index is -3.93. The molecule has 154 valence electrons. The predicted molar refractivity (Wildman–Crippen MR) is 103 cm³/mol. The van der Waals surface area contributed by atoms with Gasteiger partial charge in [-0.25, -0.2) is 8.42 Å². The number of sulfonamides is 1. The summed E-state index contributed by atoms with van der Waals surface area (Å²) in [6.45, 7) is 0.800. The quantitative estimate of drug-likeness (QED) is 0.522. The van der Waals surface area contributed by atoms with Crippen molar-refractivity contribution in [2.24, 2.45) is 0 Å². The normalized spacial score (nSPS) is 13.9. The lowest BCUT2D eigenvalue weighted by Gasteiger charge is -2.13. The van der Waals surface area contributed by atoms with E-state index < -0.39 is 28.4 Å². The number of likely N-dealkylation sites (tertiary alicyclic amines) is 1. The molecule has 4 N–H and O–H groups in total. The number of amides is 2. The van der Waals surface area contributed by atoms with Crippen LogP contribution in [0.1, 0.15) is 33.7 Å². The van der Waals surface area contributed by atoms with E-state index in [1.165, 1.54) is 36.5 Å². The summed E-state index contributed by atoms with van der Waals surface area (Å²) < 4.78 is 27.5. The van der Waals surface area contributed by atoms with Crippen molar-refractivity contribution in [2.75, 3.05) is 24.4 Å². The number of hydrogen-bond donors (Lipinski definition) is 4. The molecule has 0 atom stereocenters. The molecule has 1 aromatic carbocycles. The summed E-state index contributed by atoms with van der Waals surface area (Å²) in [5, 5.41) is 10.8. The van der Waals surface area contributed by atoms with Crippen molar-refractivity contribution in [3.8, 4) is 0 Å². The zero-order chi connectivity index (χ0) is 21.0. The number of rotatable bonds is 7. The van der Waals surface area contributed by atoms with E-state index in [4.69, 9.17) is 5.11 Å². The maximum absolute atomic E-state index is 12.6. The molecule has 0 aliphatic carbocycles. The van der Waals surface area contributed by atoms with Crippen LogP contribution >= 0.6 is 0 Å². The van der Waals surface area contributed by atoms with Gasteiger partial charge in [0.2, 0.25) is 0 Å². The lowest BCUT2D eigenvalue weighted by molar-refractivity contribution is -0.135. The molecule has 1 aliphatic heterocycles. The van der Waals surface area contributed by atoms with Crippen LogP contribution in [0.15, 0.2) is 41.4 Å². The van der Waals surface area contributed by atoms with Gasteiger partial charge in [-0.2, -0.15) is 0 Å². The number of carbonyl (C=O) groups is 3. The van der Waals surface area contributed by atoms with Gasteiger partial charge in [0.05, 0.1) is 0 Å². The summed E-state index contributed by atoms with van der Waals surface area (Å²) in [7, 11) is -3.93. The number of anilines is 1. The van der Waals surface area contributed by atoms with Crippen molar-refractivity contribution in [1.29, 1.82) is 0 Å². The Morgan fingerprint density at radius 2 is 1.76 bits per heavy atom. The molecular weight excluding hydrogens is 400 g/mol. The molecule has 2 aromatic rings. The van der Waals surface area contributed by atoms with Crippen LogP contribution in [-0.4, -0.2) is 60.8 Å². The van der Waals surface area contributed by atoms with Crippen LogP contribution in [0.25, 0.3) is 0 Å². The predicted octanol–water partition coefficient (Wildman–Crippen LogP) is 0.866. The maximum Gasteiger partial charge on any atom is 0.322 e. The Morgan fingerprint density at radius 3 is 2.38 bits per heavy atom. The van der Waals surface area contributed by atoms with E-state index in [-0.39, 0.29) is 27.7 Å². The first kappa shape index (κ1) is 20.4. The van der Waals surface area contributed by atoms with Crippen LogP contribution in [0.3, 0.4) is 0 Å². The number of nitrogens with zero attached hydrogens (tertiary/aromatic N) is 1. The summed E-state index contributed by atoms with van der Waals surface area (Å²) in [4.78, 5) is 38.9. The number of aliphatic carboxylic acids is 1. The maximum atomic E-state index is 12.6. The van der Waals surface area contributed by atoms with Crippen LogP contribution in [0.2, 0.25) is 0 Å². The van der Waals surface area contributed by atoms with E-state index >= 15 is 0 Å². The average Bonchev–Trinajstić information content (AvgIpc) is 3.38. The van der Waals surface area contributed by atoms with Crippen molar-refractivity contribution < 1.29 is 27.9 Å². The number of H-pyrrole nitrogens is 1. The van der Waals surface area contributed by atoms with Gasteiger partial charge in [0.15, 0.2) is 0 Å². The molecule has 0 unspecified atom stereocenters. The summed E-state index contributed by atoms with van der Waals surface area (Å²) >= 11 is 0. The summed E-state index contributed by atoms with van der Waals surface area (Å²) in [5.74, 6) is -1.99.